The summed E-state index contributed by atoms with van der Waals surface area (Å²) < 4.78 is 60.2. The Labute approximate surface area is 271 Å². The van der Waals surface area contributed by atoms with Crippen molar-refractivity contribution in [1.29, 1.82) is 0 Å². The van der Waals surface area contributed by atoms with Gasteiger partial charge in [0, 0.05) is 25.2 Å². The fourth-order valence-corrected chi connectivity index (χ4v) is 7.62. The fourth-order valence-electron chi connectivity index (χ4n) is 5.47. The molecule has 9 nitrogen and oxygen atoms in total. The van der Waals surface area contributed by atoms with Crippen molar-refractivity contribution in [3.8, 4) is 0 Å². The van der Waals surface area contributed by atoms with Crippen LogP contribution in [0.3, 0.4) is 0 Å². The number of alkyl carbamates (subject to hydrolysis) is 1. The first-order valence-corrected chi connectivity index (χ1v) is 18.0. The third-order valence-electron chi connectivity index (χ3n) is 8.25. The molecule has 0 spiro atoms. The number of carbonyl (C=O) groups is 2. The highest BCUT2D eigenvalue weighted by molar-refractivity contribution is 7.92. The third-order valence-corrected chi connectivity index (χ3v) is 10.5. The van der Waals surface area contributed by atoms with Gasteiger partial charge >= 0.3 is 6.09 Å². The monoisotopic (exact) mass is 665 g/mol. The van der Waals surface area contributed by atoms with Crippen molar-refractivity contribution in [2.45, 2.75) is 102 Å². The number of ether oxygens (including phenoxy) is 1. The minimum Gasteiger partial charge on any atom is -0.449 e. The van der Waals surface area contributed by atoms with E-state index in [2.05, 4.69) is 5.32 Å². The number of sulfone groups is 1. The molecule has 0 bridgehead atoms. The molecule has 2 aromatic rings. The molecule has 1 aliphatic carbocycles. The van der Waals surface area contributed by atoms with Gasteiger partial charge in [-0.15, -0.1) is 0 Å². The van der Waals surface area contributed by atoms with Crippen LogP contribution < -0.4 is 11.1 Å². The topological polar surface area (TPSA) is 139 Å². The van der Waals surface area contributed by atoms with Crippen LogP contribution in [0.1, 0.15) is 76.0 Å². The number of aliphatic hydroxyl groups excluding tert-OH is 1. The van der Waals surface area contributed by atoms with E-state index >= 15 is 0 Å². The lowest BCUT2D eigenvalue weighted by atomic mass is 10.0. The van der Waals surface area contributed by atoms with Gasteiger partial charge in [0.1, 0.15) is 17.7 Å². The predicted octanol–water partition coefficient (Wildman–Crippen LogP) is 4.68. The van der Waals surface area contributed by atoms with Crippen LogP contribution in [0.15, 0.2) is 42.5 Å². The Balaban J connectivity index is 1.91. The second-order valence-electron chi connectivity index (χ2n) is 12.4. The predicted molar refractivity (Wildman–Crippen MR) is 174 cm³/mol. The molecule has 0 radical (unpaired) electrons. The summed E-state index contributed by atoms with van der Waals surface area (Å²) in [6.45, 7) is 5.62. The first-order chi connectivity index (χ1) is 21.8. The Morgan fingerprint density at radius 1 is 1.02 bits per heavy atom. The molecule has 1 saturated carbocycles. The number of carbonyl (C=O) groups excluding carboxylic acids is 2. The molecule has 3 atom stereocenters. The smallest absolute Gasteiger partial charge is 0.407 e. The van der Waals surface area contributed by atoms with Gasteiger partial charge < -0.3 is 25.8 Å². The van der Waals surface area contributed by atoms with Crippen LogP contribution in [-0.4, -0.2) is 72.8 Å². The van der Waals surface area contributed by atoms with E-state index in [1.807, 2.05) is 45.0 Å². The molecule has 0 saturated heterocycles. The van der Waals surface area contributed by atoms with Crippen LogP contribution in [0.5, 0.6) is 0 Å². The molecule has 46 heavy (non-hydrogen) atoms. The number of nitrogens with one attached hydrogen (secondary N) is 1. The zero-order chi connectivity index (χ0) is 33.9. The summed E-state index contributed by atoms with van der Waals surface area (Å²) in [5.41, 5.74) is 8.23. The van der Waals surface area contributed by atoms with Crippen LogP contribution >= 0.6 is 0 Å². The minimum absolute atomic E-state index is 0.00621. The van der Waals surface area contributed by atoms with Crippen LogP contribution in [0, 0.1) is 17.6 Å². The number of amides is 2. The molecule has 0 aliphatic heterocycles. The summed E-state index contributed by atoms with van der Waals surface area (Å²) in [6, 6.07) is 7.97. The van der Waals surface area contributed by atoms with E-state index in [9.17, 15) is 31.9 Å². The molecule has 0 heterocycles. The minimum atomic E-state index is -3.84. The number of hydrogen-bond donors (Lipinski definition) is 3. The molecule has 4 N–H and O–H groups in total. The zero-order valence-electron chi connectivity index (χ0n) is 27.1. The molecule has 1 aliphatic rings. The van der Waals surface area contributed by atoms with Gasteiger partial charge in [0.2, 0.25) is 5.91 Å². The van der Waals surface area contributed by atoms with E-state index in [1.165, 1.54) is 4.90 Å². The van der Waals surface area contributed by atoms with E-state index in [4.69, 9.17) is 10.5 Å². The van der Waals surface area contributed by atoms with Crippen LogP contribution in [0.25, 0.3) is 0 Å². The molecule has 2 amide bonds. The summed E-state index contributed by atoms with van der Waals surface area (Å²) in [5, 5.41) is 13.0. The highest BCUT2D eigenvalue weighted by Gasteiger charge is 2.36. The number of benzene rings is 2. The number of halogens is 2. The van der Waals surface area contributed by atoms with E-state index in [0.717, 1.165) is 48.6 Å². The Kier molecular flexibility index (Phi) is 14.4. The van der Waals surface area contributed by atoms with Crippen molar-refractivity contribution in [1.82, 2.24) is 10.2 Å². The Bertz CT molecular complexity index is 1380. The van der Waals surface area contributed by atoms with Crippen molar-refractivity contribution in [3.05, 3.63) is 70.8 Å². The average Bonchev–Trinajstić information content (AvgIpc) is 3.83. The number of nitrogens with two attached hydrogens (primary N) is 1. The van der Waals surface area contributed by atoms with Crippen molar-refractivity contribution >= 4 is 21.8 Å². The van der Waals surface area contributed by atoms with Crippen LogP contribution in [-0.2, 0) is 38.8 Å². The van der Waals surface area contributed by atoms with E-state index < -0.39 is 62.7 Å². The molecule has 2 aromatic carbocycles. The normalized spacial score (nSPS) is 15.3. The largest absolute Gasteiger partial charge is 0.449 e. The standard InChI is InChI=1S/C34H49F2N3O6S/c1-4-8-29(9-5-2)46(43,44)22-31(38-34(42)45-21-24-12-13-24)33(41)39(19-25-11-7-10-23(6-3)14-25)20-32(40)30(37)17-26-15-27(35)18-28(36)16-26/h7,10-11,14-16,18,24,29-32,40H,4-6,8-9,12-13,17,19-22,37H2,1-3H3,(H,38,42)/t30-,31+,32+/m0/s1. The van der Waals surface area contributed by atoms with Gasteiger partial charge in [-0.25, -0.2) is 22.0 Å². The average molecular weight is 666 g/mol. The fraction of sp³-hybridized carbons (Fsp3) is 0.588. The summed E-state index contributed by atoms with van der Waals surface area (Å²) in [6.07, 6.45) is 2.41. The maximum atomic E-state index is 14.3. The van der Waals surface area contributed by atoms with E-state index in [-0.39, 0.29) is 37.6 Å². The lowest BCUT2D eigenvalue weighted by molar-refractivity contribution is -0.135. The van der Waals surface area contributed by atoms with Crippen molar-refractivity contribution in [3.63, 3.8) is 0 Å². The van der Waals surface area contributed by atoms with Crippen LogP contribution in [0.4, 0.5) is 13.6 Å². The number of hydrogen-bond acceptors (Lipinski definition) is 7. The SMILES string of the molecule is CCCC(CCC)S(=O)(=O)C[C@@H](NC(=O)OCC1CC1)C(=O)N(Cc1cccc(CC)c1)C[C@@H](O)[C@@H](N)Cc1cc(F)cc(F)c1. The Hall–Kier alpha value is -3.09. The molecule has 3 rings (SSSR count). The Morgan fingerprint density at radius 2 is 1.65 bits per heavy atom. The van der Waals surface area contributed by atoms with E-state index in [1.54, 1.807) is 0 Å². The summed E-state index contributed by atoms with van der Waals surface area (Å²) in [4.78, 5) is 28.4. The molecular formula is C34H49F2N3O6S. The van der Waals surface area contributed by atoms with Gasteiger partial charge in [0.05, 0.1) is 23.7 Å². The summed E-state index contributed by atoms with van der Waals surface area (Å²) in [7, 11) is -3.84. The lowest BCUT2D eigenvalue weighted by Gasteiger charge is -2.32. The van der Waals surface area contributed by atoms with Gasteiger partial charge in [-0.1, -0.05) is 57.9 Å². The highest BCUT2D eigenvalue weighted by Crippen LogP contribution is 2.28. The number of nitrogens with zero attached hydrogens (tertiary/aromatic N) is 1. The summed E-state index contributed by atoms with van der Waals surface area (Å²) >= 11 is 0. The lowest BCUT2D eigenvalue weighted by Crippen LogP contribution is -2.55. The van der Waals surface area contributed by atoms with E-state index in [0.29, 0.717) is 25.7 Å². The quantitative estimate of drug-likeness (QED) is 0.198. The zero-order valence-corrected chi connectivity index (χ0v) is 27.9. The molecule has 12 heteroatoms. The van der Waals surface area contributed by atoms with Gasteiger partial charge in [-0.3, -0.25) is 4.79 Å². The first kappa shape index (κ1) is 37.4. The second-order valence-corrected chi connectivity index (χ2v) is 14.7. The Morgan fingerprint density at radius 3 is 2.24 bits per heavy atom. The molecular weight excluding hydrogens is 616 g/mol. The summed E-state index contributed by atoms with van der Waals surface area (Å²) in [5.74, 6) is -2.66. The van der Waals surface area contributed by atoms with Crippen molar-refractivity contribution < 1.29 is 36.6 Å². The van der Waals surface area contributed by atoms with Crippen molar-refractivity contribution in [2.24, 2.45) is 11.7 Å². The van der Waals surface area contributed by atoms with Gasteiger partial charge in [0.15, 0.2) is 9.84 Å². The van der Waals surface area contributed by atoms with Crippen LogP contribution in [0.2, 0.25) is 0 Å². The number of aliphatic hydroxyl groups is 1. The van der Waals surface area contributed by atoms with Gasteiger partial charge in [-0.2, -0.15) is 0 Å². The molecule has 256 valence electrons. The number of rotatable bonds is 19. The maximum Gasteiger partial charge on any atom is 0.407 e. The van der Waals surface area contributed by atoms with Gasteiger partial charge in [0.25, 0.3) is 0 Å². The highest BCUT2D eigenvalue weighted by atomic mass is 32.2. The second kappa shape index (κ2) is 17.7. The molecule has 0 aromatic heterocycles. The number of aryl methyl sites for hydroxylation is 1. The maximum absolute atomic E-state index is 14.3. The van der Waals surface area contributed by atoms with Gasteiger partial charge in [-0.05, 0) is 73.3 Å². The first-order valence-electron chi connectivity index (χ1n) is 16.2. The molecule has 0 unspecified atom stereocenters. The van der Waals surface area contributed by atoms with Crippen molar-refractivity contribution in [2.75, 3.05) is 18.9 Å². The molecule has 1 fully saturated rings. The third kappa shape index (κ3) is 11.9.